The van der Waals surface area contributed by atoms with Crippen LogP contribution in [0.25, 0.3) is 0 Å². The first-order chi connectivity index (χ1) is 12.0. The van der Waals surface area contributed by atoms with E-state index in [0.29, 0.717) is 24.9 Å². The third kappa shape index (κ3) is 3.29. The summed E-state index contributed by atoms with van der Waals surface area (Å²) >= 11 is 0. The second-order valence-corrected chi connectivity index (χ2v) is 6.60. The van der Waals surface area contributed by atoms with Crippen molar-refractivity contribution in [3.8, 4) is 0 Å². The molecule has 1 aromatic heterocycles. The number of nitrogens with one attached hydrogen (secondary N) is 1. The van der Waals surface area contributed by atoms with Gasteiger partial charge in [-0.05, 0) is 23.8 Å². The van der Waals surface area contributed by atoms with Gasteiger partial charge in [-0.1, -0.05) is 43.7 Å². The third-order valence-corrected chi connectivity index (χ3v) is 5.18. The summed E-state index contributed by atoms with van der Waals surface area (Å²) in [4.78, 5) is 40.6. The van der Waals surface area contributed by atoms with E-state index in [-0.39, 0.29) is 11.5 Å². The van der Waals surface area contributed by atoms with Gasteiger partial charge in [-0.3, -0.25) is 14.2 Å². The molecule has 2 aromatic rings. The molecule has 132 valence electrons. The second kappa shape index (κ2) is 7.09. The highest BCUT2D eigenvalue weighted by molar-refractivity contribution is 5.93. The zero-order valence-corrected chi connectivity index (χ0v) is 14.6. The first-order valence-corrected chi connectivity index (χ1v) is 8.65. The van der Waals surface area contributed by atoms with Crippen LogP contribution in [-0.2, 0) is 7.05 Å². The number of rotatable bonds is 3. The lowest BCUT2D eigenvalue weighted by molar-refractivity contribution is 0.0642. The highest BCUT2D eigenvalue weighted by Gasteiger charge is 2.32. The molecule has 1 saturated heterocycles. The predicted octanol–water partition coefficient (Wildman–Crippen LogP) is 1.73. The zero-order valence-electron chi connectivity index (χ0n) is 14.6. The van der Waals surface area contributed by atoms with Crippen molar-refractivity contribution in [1.29, 1.82) is 0 Å². The molecule has 2 atom stereocenters. The van der Waals surface area contributed by atoms with E-state index in [0.717, 1.165) is 17.4 Å². The van der Waals surface area contributed by atoms with Crippen LogP contribution in [0.15, 0.2) is 46.1 Å². The molecule has 3 rings (SSSR count). The summed E-state index contributed by atoms with van der Waals surface area (Å²) in [5, 5.41) is 0. The zero-order chi connectivity index (χ0) is 18.0. The number of likely N-dealkylation sites (tertiary alicyclic amines) is 1. The summed E-state index contributed by atoms with van der Waals surface area (Å²) < 4.78 is 0.932. The molecule has 0 unspecified atom stereocenters. The number of nitrogens with zero attached hydrogens (tertiary/aromatic N) is 2. The average molecular weight is 341 g/mol. The van der Waals surface area contributed by atoms with E-state index in [1.165, 1.54) is 18.8 Å². The van der Waals surface area contributed by atoms with E-state index in [1.807, 2.05) is 18.2 Å². The van der Waals surface area contributed by atoms with E-state index >= 15 is 0 Å². The van der Waals surface area contributed by atoms with Crippen LogP contribution in [0.5, 0.6) is 0 Å². The fourth-order valence-corrected chi connectivity index (χ4v) is 3.66. The van der Waals surface area contributed by atoms with Crippen molar-refractivity contribution in [3.05, 3.63) is 68.5 Å². The van der Waals surface area contributed by atoms with Crippen molar-refractivity contribution in [1.82, 2.24) is 14.5 Å². The van der Waals surface area contributed by atoms with Crippen LogP contribution >= 0.6 is 0 Å². The van der Waals surface area contributed by atoms with Gasteiger partial charge in [0.1, 0.15) is 5.56 Å². The lowest BCUT2D eigenvalue weighted by Gasteiger charge is -2.38. The second-order valence-electron chi connectivity index (χ2n) is 6.60. The van der Waals surface area contributed by atoms with Crippen LogP contribution in [0, 0.1) is 5.92 Å². The molecule has 0 bridgehead atoms. The highest BCUT2D eigenvalue weighted by atomic mass is 16.2. The van der Waals surface area contributed by atoms with Crippen LogP contribution < -0.4 is 11.2 Å². The lowest BCUT2D eigenvalue weighted by Crippen LogP contribution is -2.46. The highest BCUT2D eigenvalue weighted by Crippen LogP contribution is 2.35. The fraction of sp³-hybridized carbons (Fsp3) is 0.421. The number of benzene rings is 1. The monoisotopic (exact) mass is 341 g/mol. The SMILES string of the molecule is CC[C@H]1CN(C(=O)c2c[nH]c(=O)n(C)c2=O)CC[C@@H]1c1ccccc1. The van der Waals surface area contributed by atoms with Gasteiger partial charge >= 0.3 is 5.69 Å². The summed E-state index contributed by atoms with van der Waals surface area (Å²) in [6.45, 7) is 3.36. The molecular weight excluding hydrogens is 318 g/mol. The van der Waals surface area contributed by atoms with E-state index < -0.39 is 11.2 Å². The quantitative estimate of drug-likeness (QED) is 0.924. The molecule has 1 aliphatic rings. The molecule has 2 heterocycles. The predicted molar refractivity (Wildman–Crippen MR) is 95.8 cm³/mol. The van der Waals surface area contributed by atoms with Gasteiger partial charge in [-0.2, -0.15) is 0 Å². The number of hydrogen-bond donors (Lipinski definition) is 1. The van der Waals surface area contributed by atoms with Crippen LogP contribution in [-0.4, -0.2) is 33.4 Å². The molecule has 1 aliphatic heterocycles. The molecule has 1 amide bonds. The number of amides is 1. The third-order valence-electron chi connectivity index (χ3n) is 5.18. The van der Waals surface area contributed by atoms with Crippen molar-refractivity contribution < 1.29 is 4.79 Å². The number of carbonyl (C=O) groups is 1. The van der Waals surface area contributed by atoms with Gasteiger partial charge in [-0.15, -0.1) is 0 Å². The molecule has 0 saturated carbocycles. The van der Waals surface area contributed by atoms with E-state index in [2.05, 4.69) is 24.0 Å². The average Bonchev–Trinajstić information content (AvgIpc) is 2.66. The Bertz CT molecular complexity index is 869. The van der Waals surface area contributed by atoms with Crippen molar-refractivity contribution >= 4 is 5.91 Å². The molecule has 1 fully saturated rings. The van der Waals surface area contributed by atoms with Crippen LogP contribution in [0.2, 0.25) is 0 Å². The van der Waals surface area contributed by atoms with Gasteiger partial charge in [-0.25, -0.2) is 4.79 Å². The summed E-state index contributed by atoms with van der Waals surface area (Å²) in [6, 6.07) is 10.4. The molecular formula is C19H23N3O3. The topological polar surface area (TPSA) is 75.2 Å². The Kier molecular flexibility index (Phi) is 4.88. The first kappa shape index (κ1) is 17.2. The Morgan fingerprint density at radius 3 is 2.64 bits per heavy atom. The largest absolute Gasteiger partial charge is 0.338 e. The van der Waals surface area contributed by atoms with Gasteiger partial charge in [0, 0.05) is 26.3 Å². The summed E-state index contributed by atoms with van der Waals surface area (Å²) in [6.07, 6.45) is 3.07. The Morgan fingerprint density at radius 2 is 1.96 bits per heavy atom. The summed E-state index contributed by atoms with van der Waals surface area (Å²) in [5.41, 5.74) is 0.263. The van der Waals surface area contributed by atoms with Crippen LogP contribution in [0.4, 0.5) is 0 Å². The molecule has 25 heavy (non-hydrogen) atoms. The van der Waals surface area contributed by atoms with E-state index in [1.54, 1.807) is 4.90 Å². The van der Waals surface area contributed by atoms with E-state index in [9.17, 15) is 14.4 Å². The molecule has 1 N–H and O–H groups in total. The lowest BCUT2D eigenvalue weighted by atomic mass is 9.79. The minimum atomic E-state index is -0.549. The van der Waals surface area contributed by atoms with Crippen molar-refractivity contribution in [2.45, 2.75) is 25.7 Å². The Morgan fingerprint density at radius 1 is 1.24 bits per heavy atom. The first-order valence-electron chi connectivity index (χ1n) is 8.65. The molecule has 0 spiro atoms. The van der Waals surface area contributed by atoms with Crippen molar-refractivity contribution in [3.63, 3.8) is 0 Å². The Labute approximate surface area is 146 Å². The standard InChI is InChI=1S/C19H23N3O3/c1-3-13-12-22(10-9-15(13)14-7-5-4-6-8-14)18(24)16-11-20-19(25)21(2)17(16)23/h4-8,11,13,15H,3,9-10,12H2,1-2H3,(H,20,25)/t13-,15-/m0/s1. The maximum absolute atomic E-state index is 12.8. The molecule has 1 aromatic carbocycles. The maximum atomic E-state index is 12.8. The minimum absolute atomic E-state index is 0.0233. The summed E-state index contributed by atoms with van der Waals surface area (Å²) in [5.74, 6) is 0.474. The van der Waals surface area contributed by atoms with Gasteiger partial charge in [0.25, 0.3) is 11.5 Å². The van der Waals surface area contributed by atoms with Gasteiger partial charge in [0.05, 0.1) is 0 Å². The van der Waals surface area contributed by atoms with Gasteiger partial charge in [0.2, 0.25) is 0 Å². The number of aromatic nitrogens is 2. The van der Waals surface area contributed by atoms with Crippen LogP contribution in [0.1, 0.15) is 41.6 Å². The molecule has 0 radical (unpaired) electrons. The molecule has 6 nitrogen and oxygen atoms in total. The normalized spacial score (nSPS) is 20.5. The number of piperidine rings is 1. The molecule has 0 aliphatic carbocycles. The maximum Gasteiger partial charge on any atom is 0.328 e. The number of carbonyl (C=O) groups excluding carboxylic acids is 1. The molecule has 6 heteroatoms. The van der Waals surface area contributed by atoms with E-state index in [4.69, 9.17) is 0 Å². The van der Waals surface area contributed by atoms with Gasteiger partial charge in [0.15, 0.2) is 0 Å². The van der Waals surface area contributed by atoms with Crippen molar-refractivity contribution in [2.24, 2.45) is 13.0 Å². The summed E-state index contributed by atoms with van der Waals surface area (Å²) in [7, 11) is 1.37. The Balaban J connectivity index is 1.82. The van der Waals surface area contributed by atoms with Gasteiger partial charge < -0.3 is 9.88 Å². The number of hydrogen-bond acceptors (Lipinski definition) is 3. The number of H-pyrrole nitrogens is 1. The number of aromatic amines is 1. The van der Waals surface area contributed by atoms with Crippen LogP contribution in [0.3, 0.4) is 0 Å². The minimum Gasteiger partial charge on any atom is -0.338 e. The fourth-order valence-electron chi connectivity index (χ4n) is 3.66. The van der Waals surface area contributed by atoms with Crippen molar-refractivity contribution in [2.75, 3.05) is 13.1 Å². The Hall–Kier alpha value is -2.63. The smallest absolute Gasteiger partial charge is 0.328 e.